The van der Waals surface area contributed by atoms with Crippen molar-refractivity contribution < 1.29 is 4.79 Å². The minimum absolute atomic E-state index is 0.248. The predicted octanol–water partition coefficient (Wildman–Crippen LogP) is 6.33. The molecule has 3 heteroatoms. The molecule has 1 aromatic carbocycles. The van der Waals surface area contributed by atoms with Gasteiger partial charge in [0, 0.05) is 17.4 Å². The van der Waals surface area contributed by atoms with E-state index in [-0.39, 0.29) is 5.78 Å². The Balaban J connectivity index is 0.000000181. The fourth-order valence-corrected chi connectivity index (χ4v) is 3.00. The molecule has 25 heavy (non-hydrogen) atoms. The molecule has 0 unspecified atom stereocenters. The molecule has 1 heterocycles. The lowest BCUT2D eigenvalue weighted by Crippen LogP contribution is -1.97. The van der Waals surface area contributed by atoms with Gasteiger partial charge in [-0.25, -0.2) is 4.98 Å². The number of allylic oxidation sites excluding steroid dienone is 6. The number of thiazole rings is 1. The quantitative estimate of drug-likeness (QED) is 0.603. The maximum atomic E-state index is 11.4. The van der Waals surface area contributed by atoms with Crippen LogP contribution in [0.4, 0.5) is 0 Å². The van der Waals surface area contributed by atoms with E-state index in [0.717, 1.165) is 29.1 Å². The molecule has 1 aliphatic rings. The van der Waals surface area contributed by atoms with E-state index in [1.54, 1.807) is 11.3 Å². The molecular weight excluding hydrogens is 326 g/mol. The Morgan fingerprint density at radius 1 is 1.16 bits per heavy atom. The van der Waals surface area contributed by atoms with Crippen LogP contribution in [0.15, 0.2) is 60.0 Å². The first-order valence-electron chi connectivity index (χ1n) is 8.66. The van der Waals surface area contributed by atoms with E-state index in [9.17, 15) is 4.79 Å². The highest BCUT2D eigenvalue weighted by Gasteiger charge is 2.03. The Bertz CT molecular complexity index is 779. The summed E-state index contributed by atoms with van der Waals surface area (Å²) < 4.78 is 0. The summed E-state index contributed by atoms with van der Waals surface area (Å²) in [5.41, 5.74) is 4.36. The standard InChI is InChI=1S/C11H11NS.C11H14O/c1-9-12-11(8-13-9)10-6-4-2-3-5-7-10;1-3-4-11(12)10-7-5-9(2)6-8-10/h2-4,6-8H,5H2,1H3;5-8H,3-4H2,1-2H3. The number of benzene rings is 1. The summed E-state index contributed by atoms with van der Waals surface area (Å²) in [6.45, 7) is 6.08. The molecule has 0 saturated carbocycles. The van der Waals surface area contributed by atoms with Gasteiger partial charge in [-0.3, -0.25) is 4.79 Å². The zero-order valence-electron chi connectivity index (χ0n) is 15.2. The van der Waals surface area contributed by atoms with Crippen LogP contribution >= 0.6 is 11.3 Å². The van der Waals surface area contributed by atoms with Crippen molar-refractivity contribution in [2.75, 3.05) is 0 Å². The third kappa shape index (κ3) is 6.28. The normalized spacial score (nSPS) is 12.8. The number of carbonyl (C=O) groups is 1. The molecule has 2 nitrogen and oxygen atoms in total. The van der Waals surface area contributed by atoms with E-state index in [2.05, 4.69) is 40.7 Å². The molecule has 1 aromatic heterocycles. The van der Waals surface area contributed by atoms with Gasteiger partial charge in [0.25, 0.3) is 0 Å². The Morgan fingerprint density at radius 3 is 2.56 bits per heavy atom. The van der Waals surface area contributed by atoms with Crippen LogP contribution in [0.5, 0.6) is 0 Å². The van der Waals surface area contributed by atoms with E-state index in [1.165, 1.54) is 11.1 Å². The lowest BCUT2D eigenvalue weighted by atomic mass is 10.1. The molecule has 0 spiro atoms. The first kappa shape index (κ1) is 19.1. The zero-order chi connectivity index (χ0) is 18.1. The summed E-state index contributed by atoms with van der Waals surface area (Å²) in [6.07, 6.45) is 13.2. The van der Waals surface area contributed by atoms with Crippen LogP contribution < -0.4 is 0 Å². The van der Waals surface area contributed by atoms with Crippen molar-refractivity contribution in [2.24, 2.45) is 0 Å². The first-order valence-corrected chi connectivity index (χ1v) is 9.54. The fraction of sp³-hybridized carbons (Fsp3) is 0.273. The van der Waals surface area contributed by atoms with Crippen molar-refractivity contribution >= 4 is 22.7 Å². The summed E-state index contributed by atoms with van der Waals surface area (Å²) in [6, 6.07) is 7.74. The van der Waals surface area contributed by atoms with Crippen LogP contribution in [-0.4, -0.2) is 10.8 Å². The van der Waals surface area contributed by atoms with Gasteiger partial charge in [0.2, 0.25) is 0 Å². The van der Waals surface area contributed by atoms with E-state index in [1.807, 2.05) is 45.0 Å². The molecule has 0 N–H and O–H groups in total. The Hall–Kier alpha value is -2.26. The van der Waals surface area contributed by atoms with Gasteiger partial charge in [-0.2, -0.15) is 0 Å². The third-order valence-electron chi connectivity index (χ3n) is 3.76. The summed E-state index contributed by atoms with van der Waals surface area (Å²) in [5, 5.41) is 3.23. The molecule has 0 bridgehead atoms. The van der Waals surface area contributed by atoms with Crippen LogP contribution in [0.25, 0.3) is 5.57 Å². The van der Waals surface area contributed by atoms with Crippen molar-refractivity contribution in [1.82, 2.24) is 4.98 Å². The first-order chi connectivity index (χ1) is 12.1. The van der Waals surface area contributed by atoms with E-state index in [4.69, 9.17) is 0 Å². The van der Waals surface area contributed by atoms with Gasteiger partial charge in [0.15, 0.2) is 5.78 Å². The van der Waals surface area contributed by atoms with Crippen molar-refractivity contribution in [1.29, 1.82) is 0 Å². The average molecular weight is 352 g/mol. The Labute approximate surface area is 154 Å². The second-order valence-electron chi connectivity index (χ2n) is 5.97. The molecule has 0 aliphatic heterocycles. The highest BCUT2D eigenvalue weighted by Crippen LogP contribution is 2.20. The number of aromatic nitrogens is 1. The van der Waals surface area contributed by atoms with Crippen molar-refractivity contribution in [3.05, 3.63) is 81.9 Å². The van der Waals surface area contributed by atoms with E-state index >= 15 is 0 Å². The molecule has 130 valence electrons. The second-order valence-corrected chi connectivity index (χ2v) is 7.04. The molecule has 3 rings (SSSR count). The number of ketones is 1. The van der Waals surface area contributed by atoms with Gasteiger partial charge < -0.3 is 0 Å². The smallest absolute Gasteiger partial charge is 0.162 e. The fourth-order valence-electron chi connectivity index (χ4n) is 2.38. The van der Waals surface area contributed by atoms with Gasteiger partial charge >= 0.3 is 0 Å². The summed E-state index contributed by atoms with van der Waals surface area (Å²) in [7, 11) is 0. The number of carbonyl (C=O) groups excluding carboxylic acids is 1. The Kier molecular flexibility index (Phi) is 7.55. The van der Waals surface area contributed by atoms with Crippen LogP contribution in [0.3, 0.4) is 0 Å². The van der Waals surface area contributed by atoms with Crippen molar-refractivity contribution in [3.63, 3.8) is 0 Å². The number of Topliss-reactive ketones (excluding diaryl/α,β-unsaturated/α-hetero) is 1. The molecule has 1 aliphatic carbocycles. The number of hydrogen-bond acceptors (Lipinski definition) is 3. The number of aryl methyl sites for hydroxylation is 2. The molecule has 0 amide bonds. The van der Waals surface area contributed by atoms with Crippen LogP contribution in [-0.2, 0) is 0 Å². The number of rotatable bonds is 4. The highest BCUT2D eigenvalue weighted by molar-refractivity contribution is 7.09. The summed E-state index contributed by atoms with van der Waals surface area (Å²) in [5.74, 6) is 0.248. The second kappa shape index (κ2) is 9.90. The van der Waals surface area contributed by atoms with Gasteiger partial charge in [0.05, 0.1) is 10.7 Å². The van der Waals surface area contributed by atoms with Crippen LogP contribution in [0, 0.1) is 13.8 Å². The van der Waals surface area contributed by atoms with E-state index < -0.39 is 0 Å². The topological polar surface area (TPSA) is 30.0 Å². The van der Waals surface area contributed by atoms with Gasteiger partial charge in [-0.05, 0) is 32.3 Å². The minimum atomic E-state index is 0.248. The van der Waals surface area contributed by atoms with Crippen LogP contribution in [0.1, 0.15) is 52.8 Å². The molecule has 2 aromatic rings. The predicted molar refractivity (Wildman–Crippen MR) is 108 cm³/mol. The molecular formula is C22H25NOS. The molecule has 0 fully saturated rings. The molecule has 0 saturated heterocycles. The SMILES string of the molecule is CCCC(=O)c1ccc(C)cc1.Cc1nc(C2=CCC=CC=C2)cs1. The lowest BCUT2D eigenvalue weighted by Gasteiger charge is -1.98. The van der Waals surface area contributed by atoms with Crippen molar-refractivity contribution in [3.8, 4) is 0 Å². The highest BCUT2D eigenvalue weighted by atomic mass is 32.1. The number of hydrogen-bond donors (Lipinski definition) is 0. The third-order valence-corrected chi connectivity index (χ3v) is 4.54. The lowest BCUT2D eigenvalue weighted by molar-refractivity contribution is 0.0982. The molecule has 0 radical (unpaired) electrons. The monoisotopic (exact) mass is 351 g/mol. The number of nitrogens with zero attached hydrogens (tertiary/aromatic N) is 1. The maximum absolute atomic E-state index is 11.4. The summed E-state index contributed by atoms with van der Waals surface area (Å²) in [4.78, 5) is 15.8. The minimum Gasteiger partial charge on any atom is -0.294 e. The van der Waals surface area contributed by atoms with Gasteiger partial charge in [0.1, 0.15) is 0 Å². The average Bonchev–Trinajstić information content (AvgIpc) is 2.86. The van der Waals surface area contributed by atoms with Crippen molar-refractivity contribution in [2.45, 2.75) is 40.0 Å². The van der Waals surface area contributed by atoms with Gasteiger partial charge in [-0.1, -0.05) is 67.1 Å². The zero-order valence-corrected chi connectivity index (χ0v) is 16.0. The largest absolute Gasteiger partial charge is 0.294 e. The maximum Gasteiger partial charge on any atom is 0.162 e. The van der Waals surface area contributed by atoms with E-state index in [0.29, 0.717) is 6.42 Å². The van der Waals surface area contributed by atoms with Gasteiger partial charge in [-0.15, -0.1) is 11.3 Å². The van der Waals surface area contributed by atoms with Crippen LogP contribution in [0.2, 0.25) is 0 Å². The Morgan fingerprint density at radius 2 is 1.92 bits per heavy atom. The molecule has 0 atom stereocenters. The summed E-state index contributed by atoms with van der Waals surface area (Å²) >= 11 is 1.70.